The zero-order chi connectivity index (χ0) is 6.20. The summed E-state index contributed by atoms with van der Waals surface area (Å²) >= 11 is 0. The third-order valence-corrected chi connectivity index (χ3v) is 1.97. The molecule has 0 heterocycles. The lowest BCUT2D eigenvalue weighted by atomic mass is 10.0. The van der Waals surface area contributed by atoms with Gasteiger partial charge in [-0.25, -0.2) is 0 Å². The maximum Gasteiger partial charge on any atom is 0.0716 e. The van der Waals surface area contributed by atoms with Crippen LogP contribution in [0.2, 0.25) is 0 Å². The van der Waals surface area contributed by atoms with E-state index in [0.717, 1.165) is 0 Å². The highest BCUT2D eigenvalue weighted by molar-refractivity contribution is 5.11. The third kappa shape index (κ3) is 0.719. The molecule has 1 saturated carbocycles. The SMILES string of the molecule is C#CC(N)C1(C)CC1. The minimum absolute atomic E-state index is 0.0116. The highest BCUT2D eigenvalue weighted by Crippen LogP contribution is 2.46. The van der Waals surface area contributed by atoms with E-state index < -0.39 is 0 Å². The van der Waals surface area contributed by atoms with Gasteiger partial charge in [0.2, 0.25) is 0 Å². The van der Waals surface area contributed by atoms with Crippen LogP contribution in [-0.2, 0) is 0 Å². The molecule has 1 aliphatic rings. The van der Waals surface area contributed by atoms with Crippen molar-refractivity contribution in [2.24, 2.45) is 11.1 Å². The first-order chi connectivity index (χ1) is 3.69. The molecule has 0 aromatic heterocycles. The Bertz CT molecular complexity index is 128. The lowest BCUT2D eigenvalue weighted by molar-refractivity contribution is 0.515. The molecule has 0 bridgehead atoms. The van der Waals surface area contributed by atoms with E-state index in [9.17, 15) is 0 Å². The van der Waals surface area contributed by atoms with Crippen LogP contribution in [0.25, 0.3) is 0 Å². The molecule has 1 unspecified atom stereocenters. The molecule has 0 radical (unpaired) electrons. The molecule has 0 saturated heterocycles. The van der Waals surface area contributed by atoms with Crippen LogP contribution in [0.3, 0.4) is 0 Å². The highest BCUT2D eigenvalue weighted by Gasteiger charge is 2.42. The molecule has 0 aromatic carbocycles. The summed E-state index contributed by atoms with van der Waals surface area (Å²) in [6.45, 7) is 2.14. The van der Waals surface area contributed by atoms with E-state index in [1.807, 2.05) is 0 Å². The number of terminal acetylenes is 1. The molecule has 1 fully saturated rings. The van der Waals surface area contributed by atoms with Crippen LogP contribution in [0.15, 0.2) is 0 Å². The lowest BCUT2D eigenvalue weighted by Crippen LogP contribution is -2.27. The molecular formula is C7H11N. The Hall–Kier alpha value is -0.480. The van der Waals surface area contributed by atoms with E-state index >= 15 is 0 Å². The first-order valence-electron chi connectivity index (χ1n) is 2.91. The van der Waals surface area contributed by atoms with Gasteiger partial charge in [0.1, 0.15) is 0 Å². The maximum atomic E-state index is 5.58. The van der Waals surface area contributed by atoms with Gasteiger partial charge in [0.25, 0.3) is 0 Å². The van der Waals surface area contributed by atoms with Crippen molar-refractivity contribution >= 4 is 0 Å². The van der Waals surface area contributed by atoms with Gasteiger partial charge < -0.3 is 5.73 Å². The van der Waals surface area contributed by atoms with Gasteiger partial charge in [-0.1, -0.05) is 12.8 Å². The standard InChI is InChI=1S/C7H11N/c1-3-6(8)7(2)4-5-7/h1,6H,4-5,8H2,2H3. The molecule has 1 atom stereocenters. The second-order valence-electron chi connectivity index (χ2n) is 2.80. The predicted octanol–water partition coefficient (Wildman–Crippen LogP) is 0.747. The summed E-state index contributed by atoms with van der Waals surface area (Å²) in [5.74, 6) is 2.55. The zero-order valence-corrected chi connectivity index (χ0v) is 5.15. The molecule has 1 aliphatic carbocycles. The zero-order valence-electron chi connectivity index (χ0n) is 5.15. The van der Waals surface area contributed by atoms with Gasteiger partial charge in [-0.3, -0.25) is 0 Å². The molecule has 0 aromatic rings. The van der Waals surface area contributed by atoms with Gasteiger partial charge in [-0.05, 0) is 18.3 Å². The summed E-state index contributed by atoms with van der Waals surface area (Å²) in [7, 11) is 0. The van der Waals surface area contributed by atoms with Crippen LogP contribution in [0, 0.1) is 17.8 Å². The van der Waals surface area contributed by atoms with Crippen molar-refractivity contribution in [3.8, 4) is 12.3 Å². The molecule has 0 amide bonds. The molecule has 2 N–H and O–H groups in total. The normalized spacial score (nSPS) is 26.1. The van der Waals surface area contributed by atoms with Gasteiger partial charge in [0, 0.05) is 0 Å². The monoisotopic (exact) mass is 109 g/mol. The smallest absolute Gasteiger partial charge is 0.0716 e. The van der Waals surface area contributed by atoms with Crippen molar-refractivity contribution in [3.05, 3.63) is 0 Å². The minimum Gasteiger partial charge on any atom is -0.317 e. The first-order valence-corrected chi connectivity index (χ1v) is 2.91. The van der Waals surface area contributed by atoms with E-state index in [-0.39, 0.29) is 6.04 Å². The van der Waals surface area contributed by atoms with E-state index in [4.69, 9.17) is 12.2 Å². The fourth-order valence-electron chi connectivity index (χ4n) is 0.709. The summed E-state index contributed by atoms with van der Waals surface area (Å²) in [5.41, 5.74) is 5.88. The molecule has 1 rings (SSSR count). The van der Waals surface area contributed by atoms with E-state index in [1.165, 1.54) is 12.8 Å². The number of nitrogens with two attached hydrogens (primary N) is 1. The summed E-state index contributed by atoms with van der Waals surface area (Å²) in [4.78, 5) is 0. The maximum absolute atomic E-state index is 5.58. The molecule has 8 heavy (non-hydrogen) atoms. The third-order valence-electron chi connectivity index (χ3n) is 1.97. The van der Waals surface area contributed by atoms with Gasteiger partial charge in [0.15, 0.2) is 0 Å². The largest absolute Gasteiger partial charge is 0.317 e. The van der Waals surface area contributed by atoms with Crippen LogP contribution < -0.4 is 5.73 Å². The molecule has 1 nitrogen and oxygen atoms in total. The van der Waals surface area contributed by atoms with Crippen molar-refractivity contribution in [2.75, 3.05) is 0 Å². The number of hydrogen-bond donors (Lipinski definition) is 1. The van der Waals surface area contributed by atoms with Crippen molar-refractivity contribution in [3.63, 3.8) is 0 Å². The fraction of sp³-hybridized carbons (Fsp3) is 0.714. The second kappa shape index (κ2) is 1.50. The number of rotatable bonds is 1. The quantitative estimate of drug-likeness (QED) is 0.494. The Morgan fingerprint density at radius 3 is 2.38 bits per heavy atom. The molecule has 0 spiro atoms. The highest BCUT2D eigenvalue weighted by atomic mass is 14.7. The molecule has 44 valence electrons. The summed E-state index contributed by atoms with van der Waals surface area (Å²) in [5, 5.41) is 0. The van der Waals surface area contributed by atoms with Crippen molar-refractivity contribution in [1.82, 2.24) is 0 Å². The molecule has 0 aliphatic heterocycles. The van der Waals surface area contributed by atoms with Crippen molar-refractivity contribution < 1.29 is 0 Å². The first kappa shape index (κ1) is 5.65. The Morgan fingerprint density at radius 2 is 2.25 bits per heavy atom. The summed E-state index contributed by atoms with van der Waals surface area (Å²) < 4.78 is 0. The Labute approximate surface area is 50.3 Å². The van der Waals surface area contributed by atoms with Gasteiger partial charge in [-0.2, -0.15) is 0 Å². The Balaban J connectivity index is 2.49. The topological polar surface area (TPSA) is 26.0 Å². The van der Waals surface area contributed by atoms with E-state index in [1.54, 1.807) is 0 Å². The van der Waals surface area contributed by atoms with Crippen LogP contribution in [0.1, 0.15) is 19.8 Å². The molecular weight excluding hydrogens is 98.1 g/mol. The number of hydrogen-bond acceptors (Lipinski definition) is 1. The van der Waals surface area contributed by atoms with Gasteiger partial charge in [0.05, 0.1) is 6.04 Å². The Kier molecular flexibility index (Phi) is 1.06. The summed E-state index contributed by atoms with van der Waals surface area (Å²) in [6.07, 6.45) is 7.54. The van der Waals surface area contributed by atoms with Crippen LogP contribution in [0.4, 0.5) is 0 Å². The van der Waals surface area contributed by atoms with Gasteiger partial charge >= 0.3 is 0 Å². The lowest BCUT2D eigenvalue weighted by Gasteiger charge is -2.09. The van der Waals surface area contributed by atoms with E-state index in [0.29, 0.717) is 5.41 Å². The van der Waals surface area contributed by atoms with Gasteiger partial charge in [-0.15, -0.1) is 6.42 Å². The van der Waals surface area contributed by atoms with Crippen LogP contribution in [0.5, 0.6) is 0 Å². The fourth-order valence-corrected chi connectivity index (χ4v) is 0.709. The summed E-state index contributed by atoms with van der Waals surface area (Å²) in [6, 6.07) is -0.0116. The van der Waals surface area contributed by atoms with Crippen LogP contribution >= 0.6 is 0 Å². The van der Waals surface area contributed by atoms with Crippen molar-refractivity contribution in [1.29, 1.82) is 0 Å². The average molecular weight is 109 g/mol. The van der Waals surface area contributed by atoms with E-state index in [2.05, 4.69) is 12.8 Å². The minimum atomic E-state index is -0.0116. The van der Waals surface area contributed by atoms with Crippen LogP contribution in [-0.4, -0.2) is 6.04 Å². The average Bonchev–Trinajstić information content (AvgIpc) is 2.47. The second-order valence-corrected chi connectivity index (χ2v) is 2.80. The Morgan fingerprint density at radius 1 is 1.75 bits per heavy atom. The molecule has 1 heteroatoms. The van der Waals surface area contributed by atoms with Crippen molar-refractivity contribution in [2.45, 2.75) is 25.8 Å². The predicted molar refractivity (Wildman–Crippen MR) is 34.1 cm³/mol.